The molecule has 2 nitrogen and oxygen atoms in total. The molecule has 1 aromatic carbocycles. The molecule has 0 amide bonds. The molecule has 90 valence electrons. The summed E-state index contributed by atoms with van der Waals surface area (Å²) in [5.74, 6) is 0. The molecular formula is C12H17Cl2NO. The van der Waals surface area contributed by atoms with Gasteiger partial charge in [-0.05, 0) is 39.1 Å². The minimum Gasteiger partial charge on any atom is -0.369 e. The molecule has 1 N–H and O–H groups in total. The van der Waals surface area contributed by atoms with Gasteiger partial charge in [0.25, 0.3) is 0 Å². The van der Waals surface area contributed by atoms with E-state index in [0.717, 1.165) is 5.56 Å². The number of halogens is 2. The van der Waals surface area contributed by atoms with Crippen LogP contribution in [-0.4, -0.2) is 19.7 Å². The van der Waals surface area contributed by atoms with E-state index in [1.165, 1.54) is 0 Å². The second kappa shape index (κ2) is 6.45. The highest BCUT2D eigenvalue weighted by atomic mass is 35.5. The van der Waals surface area contributed by atoms with Crippen molar-refractivity contribution in [3.63, 3.8) is 0 Å². The molecule has 16 heavy (non-hydrogen) atoms. The van der Waals surface area contributed by atoms with Crippen LogP contribution in [0.3, 0.4) is 0 Å². The van der Waals surface area contributed by atoms with E-state index >= 15 is 0 Å². The zero-order chi connectivity index (χ0) is 12.1. The van der Waals surface area contributed by atoms with Gasteiger partial charge in [-0.15, -0.1) is 0 Å². The van der Waals surface area contributed by atoms with Crippen LogP contribution in [0.4, 0.5) is 0 Å². The number of hydrogen-bond donors (Lipinski definition) is 1. The summed E-state index contributed by atoms with van der Waals surface area (Å²) >= 11 is 12.1. The summed E-state index contributed by atoms with van der Waals surface area (Å²) in [4.78, 5) is 0. The van der Waals surface area contributed by atoms with Gasteiger partial charge in [-0.25, -0.2) is 0 Å². The Hall–Kier alpha value is -0.280. The number of likely N-dealkylation sites (N-methyl/N-ethyl adjacent to an activating group) is 1. The molecule has 0 spiro atoms. The largest absolute Gasteiger partial charge is 0.369 e. The fourth-order valence-corrected chi connectivity index (χ4v) is 1.93. The quantitative estimate of drug-likeness (QED) is 0.874. The molecule has 1 aromatic rings. The maximum absolute atomic E-state index is 6.14. The van der Waals surface area contributed by atoms with Crippen molar-refractivity contribution in [2.75, 3.05) is 13.6 Å². The van der Waals surface area contributed by atoms with E-state index in [2.05, 4.69) is 5.32 Å². The number of ether oxygens (including phenoxy) is 1. The Morgan fingerprint density at radius 3 is 2.56 bits per heavy atom. The van der Waals surface area contributed by atoms with E-state index in [4.69, 9.17) is 27.9 Å². The van der Waals surface area contributed by atoms with Gasteiger partial charge < -0.3 is 10.1 Å². The molecular weight excluding hydrogens is 245 g/mol. The smallest absolute Gasteiger partial charge is 0.0967 e. The van der Waals surface area contributed by atoms with Gasteiger partial charge in [-0.3, -0.25) is 0 Å². The molecule has 0 aliphatic rings. The van der Waals surface area contributed by atoms with E-state index in [0.29, 0.717) is 16.6 Å². The van der Waals surface area contributed by atoms with Crippen molar-refractivity contribution in [2.45, 2.75) is 26.1 Å². The van der Waals surface area contributed by atoms with E-state index in [-0.39, 0.29) is 12.2 Å². The first-order valence-corrected chi connectivity index (χ1v) is 6.05. The van der Waals surface area contributed by atoms with Gasteiger partial charge in [0, 0.05) is 22.2 Å². The molecule has 0 aromatic heterocycles. The Balaban J connectivity index is 2.94. The van der Waals surface area contributed by atoms with Crippen molar-refractivity contribution in [3.8, 4) is 0 Å². The van der Waals surface area contributed by atoms with Crippen LogP contribution < -0.4 is 5.32 Å². The van der Waals surface area contributed by atoms with Gasteiger partial charge in [-0.1, -0.05) is 23.2 Å². The minimum atomic E-state index is -0.0730. The summed E-state index contributed by atoms with van der Waals surface area (Å²) in [6.45, 7) is 4.71. The fourth-order valence-electron chi connectivity index (χ4n) is 1.51. The Kier molecular flexibility index (Phi) is 5.56. The predicted molar refractivity (Wildman–Crippen MR) is 69.4 cm³/mol. The topological polar surface area (TPSA) is 21.3 Å². The van der Waals surface area contributed by atoms with Crippen molar-refractivity contribution in [1.82, 2.24) is 5.32 Å². The van der Waals surface area contributed by atoms with Crippen molar-refractivity contribution in [1.29, 1.82) is 0 Å². The number of nitrogens with one attached hydrogen (secondary N) is 1. The molecule has 0 fully saturated rings. The van der Waals surface area contributed by atoms with Crippen LogP contribution in [0.5, 0.6) is 0 Å². The molecule has 0 unspecified atom stereocenters. The Labute approximate surface area is 107 Å². The second-order valence-electron chi connectivity index (χ2n) is 3.90. The molecule has 1 rings (SSSR count). The lowest BCUT2D eigenvalue weighted by Gasteiger charge is -2.21. The molecule has 4 heteroatoms. The summed E-state index contributed by atoms with van der Waals surface area (Å²) in [5, 5.41) is 4.45. The maximum Gasteiger partial charge on any atom is 0.0967 e. The number of benzene rings is 1. The first-order valence-electron chi connectivity index (χ1n) is 5.29. The Morgan fingerprint density at radius 2 is 2.00 bits per heavy atom. The third kappa shape index (κ3) is 3.95. The lowest BCUT2D eigenvalue weighted by Crippen LogP contribution is -2.22. The van der Waals surface area contributed by atoms with Crippen LogP contribution >= 0.6 is 23.2 Å². The summed E-state index contributed by atoms with van der Waals surface area (Å²) in [5.41, 5.74) is 0.928. The Morgan fingerprint density at radius 1 is 1.31 bits per heavy atom. The minimum absolute atomic E-state index is 0.0730. The standard InChI is InChI=1S/C12H17Cl2NO/c1-8(2)16-12(7-15-3)10-6-9(13)4-5-11(10)14/h4-6,8,12,15H,7H2,1-3H3/t12-/m0/s1. The van der Waals surface area contributed by atoms with E-state index in [1.807, 2.05) is 27.0 Å². The Bertz CT molecular complexity index is 342. The van der Waals surface area contributed by atoms with Crippen molar-refractivity contribution in [2.24, 2.45) is 0 Å². The van der Waals surface area contributed by atoms with Crippen molar-refractivity contribution < 1.29 is 4.74 Å². The lowest BCUT2D eigenvalue weighted by molar-refractivity contribution is 0.00820. The first-order chi connectivity index (χ1) is 7.54. The van der Waals surface area contributed by atoms with E-state index in [9.17, 15) is 0 Å². The average molecular weight is 262 g/mol. The highest BCUT2D eigenvalue weighted by Gasteiger charge is 2.16. The third-order valence-electron chi connectivity index (χ3n) is 2.13. The zero-order valence-electron chi connectivity index (χ0n) is 9.76. The van der Waals surface area contributed by atoms with Gasteiger partial charge in [0.05, 0.1) is 12.2 Å². The third-order valence-corrected chi connectivity index (χ3v) is 2.71. The van der Waals surface area contributed by atoms with Gasteiger partial charge in [0.2, 0.25) is 0 Å². The zero-order valence-corrected chi connectivity index (χ0v) is 11.3. The predicted octanol–water partition coefficient (Wildman–Crippen LogP) is 3.68. The monoisotopic (exact) mass is 261 g/mol. The number of rotatable bonds is 5. The van der Waals surface area contributed by atoms with Gasteiger partial charge in [-0.2, -0.15) is 0 Å². The van der Waals surface area contributed by atoms with Crippen LogP contribution in [0.25, 0.3) is 0 Å². The van der Waals surface area contributed by atoms with Gasteiger partial charge in [0.15, 0.2) is 0 Å². The first kappa shape index (κ1) is 13.8. The molecule has 0 bridgehead atoms. The molecule has 0 radical (unpaired) electrons. The molecule has 0 aliphatic heterocycles. The maximum atomic E-state index is 6.14. The molecule has 0 aliphatic carbocycles. The van der Waals surface area contributed by atoms with Crippen molar-refractivity contribution in [3.05, 3.63) is 33.8 Å². The normalized spacial score (nSPS) is 13.1. The molecule has 0 saturated carbocycles. The van der Waals surface area contributed by atoms with Crippen LogP contribution in [0.1, 0.15) is 25.5 Å². The summed E-state index contributed by atoms with van der Waals surface area (Å²) in [7, 11) is 1.88. The van der Waals surface area contributed by atoms with E-state index < -0.39 is 0 Å². The van der Waals surface area contributed by atoms with Crippen LogP contribution in [0.2, 0.25) is 10.0 Å². The van der Waals surface area contributed by atoms with Crippen LogP contribution in [0.15, 0.2) is 18.2 Å². The summed E-state index contributed by atoms with van der Waals surface area (Å²) < 4.78 is 5.81. The molecule has 1 atom stereocenters. The SMILES string of the molecule is CNC[C@H](OC(C)C)c1cc(Cl)ccc1Cl. The highest BCUT2D eigenvalue weighted by molar-refractivity contribution is 6.33. The number of hydrogen-bond acceptors (Lipinski definition) is 2. The lowest BCUT2D eigenvalue weighted by atomic mass is 10.1. The van der Waals surface area contributed by atoms with Gasteiger partial charge in [0.1, 0.15) is 0 Å². The fraction of sp³-hybridized carbons (Fsp3) is 0.500. The second-order valence-corrected chi connectivity index (χ2v) is 4.74. The van der Waals surface area contributed by atoms with Gasteiger partial charge >= 0.3 is 0 Å². The van der Waals surface area contributed by atoms with Crippen LogP contribution in [-0.2, 0) is 4.74 Å². The molecule has 0 heterocycles. The van der Waals surface area contributed by atoms with E-state index in [1.54, 1.807) is 12.1 Å². The summed E-state index contributed by atoms with van der Waals surface area (Å²) in [6.07, 6.45) is 0.0737. The average Bonchev–Trinajstić information content (AvgIpc) is 2.20. The van der Waals surface area contributed by atoms with Crippen molar-refractivity contribution >= 4 is 23.2 Å². The highest BCUT2D eigenvalue weighted by Crippen LogP contribution is 2.29. The van der Waals surface area contributed by atoms with Crippen LogP contribution in [0, 0.1) is 0 Å². The summed E-state index contributed by atoms with van der Waals surface area (Å²) in [6, 6.07) is 5.43. The molecule has 0 saturated heterocycles.